The second-order valence-corrected chi connectivity index (χ2v) is 5.02. The number of aromatic nitrogens is 1. The number of anilines is 1. The van der Waals surface area contributed by atoms with Crippen LogP contribution in [0.4, 0.5) is 5.13 Å². The van der Waals surface area contributed by atoms with Gasteiger partial charge in [0, 0.05) is 24.6 Å². The summed E-state index contributed by atoms with van der Waals surface area (Å²) in [6.07, 6.45) is 0. The van der Waals surface area contributed by atoms with Gasteiger partial charge < -0.3 is 14.8 Å². The van der Waals surface area contributed by atoms with Crippen molar-refractivity contribution in [3.8, 4) is 17.0 Å². The van der Waals surface area contributed by atoms with Gasteiger partial charge >= 0.3 is 0 Å². The van der Waals surface area contributed by atoms with Crippen molar-refractivity contribution in [3.63, 3.8) is 0 Å². The van der Waals surface area contributed by atoms with E-state index in [9.17, 15) is 0 Å². The van der Waals surface area contributed by atoms with E-state index < -0.39 is 0 Å². The number of rotatable bonds is 6. The van der Waals surface area contributed by atoms with E-state index in [0.717, 1.165) is 28.7 Å². The molecule has 0 amide bonds. The van der Waals surface area contributed by atoms with Crippen LogP contribution in [0.15, 0.2) is 23.6 Å². The number of nitrogens with zero attached hydrogens (tertiary/aromatic N) is 1. The highest BCUT2D eigenvalue weighted by atomic mass is 32.1. The second-order valence-electron chi connectivity index (χ2n) is 4.16. The number of benzene rings is 1. The van der Waals surface area contributed by atoms with Crippen molar-refractivity contribution in [2.24, 2.45) is 0 Å². The van der Waals surface area contributed by atoms with Crippen molar-refractivity contribution in [2.45, 2.75) is 6.92 Å². The largest absolute Gasteiger partial charge is 0.496 e. The highest BCUT2D eigenvalue weighted by Crippen LogP contribution is 2.32. The van der Waals surface area contributed by atoms with Crippen molar-refractivity contribution in [3.05, 3.63) is 29.1 Å². The molecule has 1 aromatic carbocycles. The van der Waals surface area contributed by atoms with Crippen LogP contribution in [0.3, 0.4) is 0 Å². The number of thiazole rings is 1. The zero-order valence-electron chi connectivity index (χ0n) is 11.4. The summed E-state index contributed by atoms with van der Waals surface area (Å²) in [5, 5.41) is 6.16. The molecule has 4 nitrogen and oxygen atoms in total. The van der Waals surface area contributed by atoms with Gasteiger partial charge in [-0.05, 0) is 19.1 Å². The molecule has 0 bridgehead atoms. The average molecular weight is 278 g/mol. The molecule has 0 fully saturated rings. The van der Waals surface area contributed by atoms with Crippen LogP contribution in [0.25, 0.3) is 11.3 Å². The molecule has 0 aliphatic carbocycles. The van der Waals surface area contributed by atoms with E-state index in [1.807, 2.05) is 17.5 Å². The number of aryl methyl sites for hydroxylation is 1. The van der Waals surface area contributed by atoms with Crippen molar-refractivity contribution in [1.82, 2.24) is 4.98 Å². The molecule has 5 heteroatoms. The van der Waals surface area contributed by atoms with Gasteiger partial charge in [0.2, 0.25) is 0 Å². The first kappa shape index (κ1) is 13.8. The highest BCUT2D eigenvalue weighted by Gasteiger charge is 2.10. The van der Waals surface area contributed by atoms with Crippen molar-refractivity contribution < 1.29 is 9.47 Å². The predicted octanol–water partition coefficient (Wildman–Crippen LogP) is 3.19. The Hall–Kier alpha value is -1.59. The Kier molecular flexibility index (Phi) is 4.76. The molecule has 102 valence electrons. The SMILES string of the molecule is COCCNc1nc(-c2cc(C)ccc2OC)cs1. The minimum atomic E-state index is 0.669. The van der Waals surface area contributed by atoms with Crippen molar-refractivity contribution in [1.29, 1.82) is 0 Å². The maximum Gasteiger partial charge on any atom is 0.183 e. The van der Waals surface area contributed by atoms with Gasteiger partial charge in [-0.15, -0.1) is 11.3 Å². The fourth-order valence-corrected chi connectivity index (χ4v) is 2.50. The summed E-state index contributed by atoms with van der Waals surface area (Å²) in [7, 11) is 3.37. The van der Waals surface area contributed by atoms with E-state index in [2.05, 4.69) is 23.3 Å². The topological polar surface area (TPSA) is 43.4 Å². The van der Waals surface area contributed by atoms with Crippen LogP contribution in [0, 0.1) is 6.92 Å². The van der Waals surface area contributed by atoms with Gasteiger partial charge in [0.05, 0.1) is 19.4 Å². The summed E-state index contributed by atoms with van der Waals surface area (Å²) in [4.78, 5) is 4.57. The molecule has 0 saturated carbocycles. The van der Waals surface area contributed by atoms with E-state index in [1.54, 1.807) is 25.6 Å². The lowest BCUT2D eigenvalue weighted by Crippen LogP contribution is -2.07. The molecule has 19 heavy (non-hydrogen) atoms. The molecule has 1 N–H and O–H groups in total. The van der Waals surface area contributed by atoms with Gasteiger partial charge in [-0.2, -0.15) is 0 Å². The second kappa shape index (κ2) is 6.54. The molecule has 0 unspecified atom stereocenters. The quantitative estimate of drug-likeness (QED) is 0.824. The van der Waals surface area contributed by atoms with Gasteiger partial charge in [-0.25, -0.2) is 4.98 Å². The summed E-state index contributed by atoms with van der Waals surface area (Å²) in [5.74, 6) is 0.847. The molecule has 1 heterocycles. The zero-order chi connectivity index (χ0) is 13.7. The first-order valence-corrected chi connectivity index (χ1v) is 6.96. The summed E-state index contributed by atoms with van der Waals surface area (Å²) < 4.78 is 10.4. The van der Waals surface area contributed by atoms with Crippen LogP contribution < -0.4 is 10.1 Å². The van der Waals surface area contributed by atoms with E-state index >= 15 is 0 Å². The zero-order valence-corrected chi connectivity index (χ0v) is 12.2. The Morgan fingerprint density at radius 1 is 1.32 bits per heavy atom. The standard InChI is InChI=1S/C14H18N2O2S/c1-10-4-5-13(18-3)11(8-10)12-9-19-14(16-12)15-6-7-17-2/h4-5,8-9H,6-7H2,1-3H3,(H,15,16). The summed E-state index contributed by atoms with van der Waals surface area (Å²) in [6, 6.07) is 6.10. The minimum Gasteiger partial charge on any atom is -0.496 e. The molecule has 0 aliphatic heterocycles. The number of hydrogen-bond donors (Lipinski definition) is 1. The lowest BCUT2D eigenvalue weighted by molar-refractivity contribution is 0.211. The molecule has 2 rings (SSSR count). The van der Waals surface area contributed by atoms with Crippen molar-refractivity contribution >= 4 is 16.5 Å². The number of hydrogen-bond acceptors (Lipinski definition) is 5. The number of nitrogens with one attached hydrogen (secondary N) is 1. The van der Waals surface area contributed by atoms with E-state index in [1.165, 1.54) is 5.56 Å². The molecule has 0 saturated heterocycles. The van der Waals surface area contributed by atoms with Gasteiger partial charge in [-0.1, -0.05) is 11.6 Å². The Morgan fingerprint density at radius 3 is 2.89 bits per heavy atom. The van der Waals surface area contributed by atoms with E-state index in [0.29, 0.717) is 6.61 Å². The summed E-state index contributed by atoms with van der Waals surface area (Å²) in [5.41, 5.74) is 3.15. The van der Waals surface area contributed by atoms with Crippen LogP contribution in [0.5, 0.6) is 5.75 Å². The molecular formula is C14H18N2O2S. The smallest absolute Gasteiger partial charge is 0.183 e. The predicted molar refractivity (Wildman–Crippen MR) is 79.2 cm³/mol. The number of methoxy groups -OCH3 is 2. The molecule has 2 aromatic rings. The maximum atomic E-state index is 5.39. The first-order chi connectivity index (χ1) is 9.24. The molecular weight excluding hydrogens is 260 g/mol. The third-order valence-electron chi connectivity index (χ3n) is 2.72. The van der Waals surface area contributed by atoms with Crippen LogP contribution in [0.2, 0.25) is 0 Å². The minimum absolute atomic E-state index is 0.669. The molecule has 0 spiro atoms. The third kappa shape index (κ3) is 3.45. The molecule has 1 aromatic heterocycles. The van der Waals surface area contributed by atoms with Gasteiger partial charge in [0.1, 0.15) is 5.75 Å². The average Bonchev–Trinajstić information content (AvgIpc) is 2.88. The summed E-state index contributed by atoms with van der Waals surface area (Å²) in [6.45, 7) is 3.49. The third-order valence-corrected chi connectivity index (χ3v) is 3.52. The van der Waals surface area contributed by atoms with Crippen LogP contribution in [-0.2, 0) is 4.74 Å². The Bertz CT molecular complexity index is 540. The van der Waals surface area contributed by atoms with Crippen LogP contribution in [-0.4, -0.2) is 32.4 Å². The molecule has 0 radical (unpaired) electrons. The Labute approximate surface area is 117 Å². The fraction of sp³-hybridized carbons (Fsp3) is 0.357. The maximum absolute atomic E-state index is 5.39. The molecule has 0 atom stereocenters. The Morgan fingerprint density at radius 2 is 2.16 bits per heavy atom. The lowest BCUT2D eigenvalue weighted by atomic mass is 10.1. The highest BCUT2D eigenvalue weighted by molar-refractivity contribution is 7.14. The van der Waals surface area contributed by atoms with Gasteiger partial charge in [0.25, 0.3) is 0 Å². The van der Waals surface area contributed by atoms with E-state index in [4.69, 9.17) is 9.47 Å². The Balaban J connectivity index is 2.20. The molecule has 0 aliphatic rings. The number of ether oxygens (including phenoxy) is 2. The monoisotopic (exact) mass is 278 g/mol. The van der Waals surface area contributed by atoms with Gasteiger partial charge in [-0.3, -0.25) is 0 Å². The fourth-order valence-electron chi connectivity index (χ4n) is 1.76. The van der Waals surface area contributed by atoms with Crippen molar-refractivity contribution in [2.75, 3.05) is 32.7 Å². The van der Waals surface area contributed by atoms with Crippen LogP contribution >= 0.6 is 11.3 Å². The first-order valence-electron chi connectivity index (χ1n) is 6.08. The normalized spacial score (nSPS) is 10.5. The lowest BCUT2D eigenvalue weighted by Gasteiger charge is -2.07. The van der Waals surface area contributed by atoms with Crippen LogP contribution in [0.1, 0.15) is 5.56 Å². The van der Waals surface area contributed by atoms with Gasteiger partial charge in [0.15, 0.2) is 5.13 Å². The van der Waals surface area contributed by atoms with E-state index in [-0.39, 0.29) is 0 Å². The summed E-state index contributed by atoms with van der Waals surface area (Å²) >= 11 is 1.59.